The number of aryl methyl sites for hydroxylation is 2. The van der Waals surface area contributed by atoms with Gasteiger partial charge in [-0.05, 0) is 44.5 Å². The van der Waals surface area contributed by atoms with Crippen LogP contribution in [0.1, 0.15) is 35.6 Å². The first-order chi connectivity index (χ1) is 11.1. The summed E-state index contributed by atoms with van der Waals surface area (Å²) in [6, 6.07) is 16.9. The van der Waals surface area contributed by atoms with Gasteiger partial charge in [-0.1, -0.05) is 30.3 Å². The summed E-state index contributed by atoms with van der Waals surface area (Å²) in [5.74, 6) is 0.733. The monoisotopic (exact) mass is 306 g/mol. The Kier molecular flexibility index (Phi) is 4.53. The number of hydrogen-bond donors (Lipinski definition) is 1. The van der Waals surface area contributed by atoms with Crippen molar-refractivity contribution in [3.8, 4) is 5.95 Å². The van der Waals surface area contributed by atoms with Gasteiger partial charge in [0.2, 0.25) is 5.95 Å². The highest BCUT2D eigenvalue weighted by atomic mass is 15.2. The number of hydrogen-bond acceptors (Lipinski definition) is 3. The number of benzene rings is 1. The van der Waals surface area contributed by atoms with Gasteiger partial charge < -0.3 is 5.32 Å². The molecule has 1 aromatic carbocycles. The summed E-state index contributed by atoms with van der Waals surface area (Å²) in [5.41, 5.74) is 4.40. The van der Waals surface area contributed by atoms with Gasteiger partial charge in [-0.3, -0.25) is 4.57 Å². The van der Waals surface area contributed by atoms with Gasteiger partial charge in [-0.15, -0.1) is 0 Å². The van der Waals surface area contributed by atoms with Crippen molar-refractivity contribution in [1.82, 2.24) is 19.9 Å². The molecule has 23 heavy (non-hydrogen) atoms. The van der Waals surface area contributed by atoms with Crippen molar-refractivity contribution in [3.63, 3.8) is 0 Å². The number of rotatable bonds is 5. The van der Waals surface area contributed by atoms with Crippen molar-refractivity contribution in [3.05, 3.63) is 77.4 Å². The molecule has 0 aliphatic rings. The van der Waals surface area contributed by atoms with Crippen LogP contribution in [0.3, 0.4) is 0 Å². The molecule has 0 saturated heterocycles. The lowest BCUT2D eigenvalue weighted by molar-refractivity contribution is 0.561. The fourth-order valence-electron chi connectivity index (χ4n) is 2.69. The third-order valence-electron chi connectivity index (χ3n) is 3.91. The van der Waals surface area contributed by atoms with Gasteiger partial charge in [-0.2, -0.15) is 0 Å². The van der Waals surface area contributed by atoms with E-state index in [9.17, 15) is 0 Å². The van der Waals surface area contributed by atoms with Crippen LogP contribution in [-0.2, 0) is 6.54 Å². The zero-order valence-corrected chi connectivity index (χ0v) is 13.8. The molecule has 2 aromatic heterocycles. The quantitative estimate of drug-likeness (QED) is 0.781. The SMILES string of the molecule is Cc1cc(C)nc(-n2cccc2CNC(C)c2ccccc2)n1. The molecule has 4 nitrogen and oxygen atoms in total. The minimum atomic E-state index is 0.291. The van der Waals surface area contributed by atoms with Crippen LogP contribution in [0, 0.1) is 13.8 Å². The Bertz CT molecular complexity index is 757. The number of nitrogens with zero attached hydrogens (tertiary/aromatic N) is 3. The van der Waals surface area contributed by atoms with E-state index in [1.165, 1.54) is 5.56 Å². The summed E-state index contributed by atoms with van der Waals surface area (Å²) in [6.07, 6.45) is 2.01. The topological polar surface area (TPSA) is 42.7 Å². The molecule has 3 rings (SSSR count). The summed E-state index contributed by atoms with van der Waals surface area (Å²) in [5, 5.41) is 3.56. The van der Waals surface area contributed by atoms with Crippen molar-refractivity contribution in [2.45, 2.75) is 33.4 Å². The fourth-order valence-corrected chi connectivity index (χ4v) is 2.69. The zero-order valence-electron chi connectivity index (χ0n) is 13.8. The van der Waals surface area contributed by atoms with Crippen molar-refractivity contribution >= 4 is 0 Å². The third kappa shape index (κ3) is 3.66. The molecule has 1 unspecified atom stereocenters. The Hall–Kier alpha value is -2.46. The van der Waals surface area contributed by atoms with E-state index in [0.717, 1.165) is 29.6 Å². The highest BCUT2D eigenvalue weighted by Crippen LogP contribution is 2.14. The summed E-state index contributed by atoms with van der Waals surface area (Å²) in [4.78, 5) is 9.09. The van der Waals surface area contributed by atoms with Crippen LogP contribution in [0.5, 0.6) is 0 Å². The largest absolute Gasteiger partial charge is 0.305 e. The maximum Gasteiger partial charge on any atom is 0.234 e. The predicted octanol–water partition coefficient (Wildman–Crippen LogP) is 3.73. The Balaban J connectivity index is 1.76. The lowest BCUT2D eigenvalue weighted by Gasteiger charge is -2.15. The summed E-state index contributed by atoms with van der Waals surface area (Å²) in [7, 11) is 0. The van der Waals surface area contributed by atoms with E-state index in [1.807, 2.05) is 42.8 Å². The highest BCUT2D eigenvalue weighted by molar-refractivity contribution is 5.24. The highest BCUT2D eigenvalue weighted by Gasteiger charge is 2.09. The van der Waals surface area contributed by atoms with Crippen LogP contribution in [0.25, 0.3) is 5.95 Å². The molecular formula is C19H22N4. The molecule has 1 atom stereocenters. The van der Waals surface area contributed by atoms with E-state index in [2.05, 4.69) is 52.5 Å². The van der Waals surface area contributed by atoms with E-state index in [1.54, 1.807) is 0 Å². The number of aromatic nitrogens is 3. The molecule has 0 aliphatic heterocycles. The van der Waals surface area contributed by atoms with Gasteiger partial charge in [0, 0.05) is 35.9 Å². The molecule has 3 aromatic rings. The molecule has 118 valence electrons. The first kappa shape index (κ1) is 15.4. The second-order valence-electron chi connectivity index (χ2n) is 5.83. The van der Waals surface area contributed by atoms with Crippen molar-refractivity contribution < 1.29 is 0 Å². The Morgan fingerprint density at radius 3 is 2.39 bits per heavy atom. The van der Waals surface area contributed by atoms with Crippen LogP contribution in [0.4, 0.5) is 0 Å². The van der Waals surface area contributed by atoms with Gasteiger partial charge in [-0.25, -0.2) is 9.97 Å². The predicted molar refractivity (Wildman–Crippen MR) is 92.5 cm³/mol. The van der Waals surface area contributed by atoms with Crippen molar-refractivity contribution in [1.29, 1.82) is 0 Å². The average Bonchev–Trinajstić information content (AvgIpc) is 3.01. The van der Waals surface area contributed by atoms with Crippen LogP contribution in [0.2, 0.25) is 0 Å². The minimum Gasteiger partial charge on any atom is -0.305 e. The second kappa shape index (κ2) is 6.75. The molecule has 0 bridgehead atoms. The molecular weight excluding hydrogens is 284 g/mol. The second-order valence-corrected chi connectivity index (χ2v) is 5.83. The van der Waals surface area contributed by atoms with Gasteiger partial charge in [0.05, 0.1) is 0 Å². The normalized spacial score (nSPS) is 12.3. The molecule has 0 aliphatic carbocycles. The van der Waals surface area contributed by atoms with Crippen LogP contribution < -0.4 is 5.32 Å². The molecule has 0 saturated carbocycles. The zero-order chi connectivity index (χ0) is 16.2. The molecule has 2 heterocycles. The van der Waals surface area contributed by atoms with Crippen LogP contribution >= 0.6 is 0 Å². The summed E-state index contributed by atoms with van der Waals surface area (Å²) >= 11 is 0. The average molecular weight is 306 g/mol. The maximum absolute atomic E-state index is 4.55. The van der Waals surface area contributed by atoms with Crippen molar-refractivity contribution in [2.75, 3.05) is 0 Å². The molecule has 0 fully saturated rings. The van der Waals surface area contributed by atoms with Gasteiger partial charge in [0.25, 0.3) is 0 Å². The lowest BCUT2D eigenvalue weighted by atomic mass is 10.1. The first-order valence-corrected chi connectivity index (χ1v) is 7.91. The Morgan fingerprint density at radius 2 is 1.70 bits per heavy atom. The van der Waals surface area contributed by atoms with Crippen LogP contribution in [0.15, 0.2) is 54.7 Å². The first-order valence-electron chi connectivity index (χ1n) is 7.91. The lowest BCUT2D eigenvalue weighted by Crippen LogP contribution is -2.20. The fraction of sp³-hybridized carbons (Fsp3) is 0.263. The molecule has 4 heteroatoms. The van der Waals surface area contributed by atoms with E-state index >= 15 is 0 Å². The third-order valence-corrected chi connectivity index (χ3v) is 3.91. The molecule has 1 N–H and O–H groups in total. The molecule has 0 radical (unpaired) electrons. The maximum atomic E-state index is 4.55. The van der Waals surface area contributed by atoms with Gasteiger partial charge in [0.1, 0.15) is 0 Å². The Labute approximate surface area is 137 Å². The Morgan fingerprint density at radius 1 is 1.00 bits per heavy atom. The standard InChI is InChI=1S/C19H22N4/c1-14-12-15(2)22-19(21-14)23-11-7-10-18(23)13-20-16(3)17-8-5-4-6-9-17/h4-12,16,20H,13H2,1-3H3. The van der Waals surface area contributed by atoms with E-state index in [-0.39, 0.29) is 0 Å². The van der Waals surface area contributed by atoms with Crippen LogP contribution in [-0.4, -0.2) is 14.5 Å². The van der Waals surface area contributed by atoms with Gasteiger partial charge >= 0.3 is 0 Å². The summed E-state index contributed by atoms with van der Waals surface area (Å²) in [6.45, 7) is 6.93. The van der Waals surface area contributed by atoms with E-state index in [4.69, 9.17) is 0 Å². The van der Waals surface area contributed by atoms with E-state index in [0.29, 0.717) is 6.04 Å². The van der Waals surface area contributed by atoms with E-state index < -0.39 is 0 Å². The molecule has 0 spiro atoms. The molecule has 0 amide bonds. The summed E-state index contributed by atoms with van der Waals surface area (Å²) < 4.78 is 2.05. The van der Waals surface area contributed by atoms with Crippen molar-refractivity contribution in [2.24, 2.45) is 0 Å². The smallest absolute Gasteiger partial charge is 0.234 e. The number of nitrogens with one attached hydrogen (secondary N) is 1. The van der Waals surface area contributed by atoms with Gasteiger partial charge in [0.15, 0.2) is 0 Å². The minimum absolute atomic E-state index is 0.291.